The van der Waals surface area contributed by atoms with Crippen molar-refractivity contribution in [3.05, 3.63) is 0 Å². The number of carbonyl (C=O) groups excluding carboxylic acids is 1. The second-order valence-electron chi connectivity index (χ2n) is 3.80. The van der Waals surface area contributed by atoms with Crippen LogP contribution in [-0.2, 0) is 9.53 Å². The Morgan fingerprint density at radius 2 is 2.38 bits per heavy atom. The molecule has 0 aromatic rings. The highest BCUT2D eigenvalue weighted by Crippen LogP contribution is 2.35. The Morgan fingerprint density at radius 3 is 2.92 bits per heavy atom. The highest BCUT2D eigenvalue weighted by atomic mass is 16.5. The number of rotatable bonds is 2. The fraction of sp³-hybridized carbons (Fsp3) is 0.889. The van der Waals surface area contributed by atoms with Gasteiger partial charge in [0, 0.05) is 12.0 Å². The van der Waals surface area contributed by atoms with Gasteiger partial charge in [-0.15, -0.1) is 0 Å². The van der Waals surface area contributed by atoms with Crippen molar-refractivity contribution in [3.63, 3.8) is 0 Å². The predicted octanol–water partition coefficient (Wildman–Crippen LogP) is -0.339. The highest BCUT2D eigenvalue weighted by Gasteiger charge is 2.48. The van der Waals surface area contributed by atoms with Crippen LogP contribution in [0.4, 0.5) is 0 Å². The average Bonchev–Trinajstić information content (AvgIpc) is 2.62. The molecule has 1 saturated heterocycles. The first-order chi connectivity index (χ1) is 6.22. The zero-order valence-corrected chi connectivity index (χ0v) is 7.69. The number of aliphatic hydroxyl groups is 1. The number of hydrogen-bond acceptors (Lipinski definition) is 4. The summed E-state index contributed by atoms with van der Waals surface area (Å²) in [6.45, 7) is 2.20. The average molecular weight is 185 g/mol. The summed E-state index contributed by atoms with van der Waals surface area (Å²) in [6, 6.07) is 0.0445. The van der Waals surface area contributed by atoms with Gasteiger partial charge in [0.2, 0.25) is 0 Å². The van der Waals surface area contributed by atoms with Gasteiger partial charge in [0.25, 0.3) is 0 Å². The van der Waals surface area contributed by atoms with Crippen LogP contribution in [0.1, 0.15) is 19.8 Å². The van der Waals surface area contributed by atoms with Crippen LogP contribution in [0.25, 0.3) is 0 Å². The number of fused-ring (bicyclic) bond motifs is 2. The largest absolute Gasteiger partial charge is 0.465 e. The summed E-state index contributed by atoms with van der Waals surface area (Å²) >= 11 is 0. The van der Waals surface area contributed by atoms with Crippen LogP contribution in [0.3, 0.4) is 0 Å². The van der Waals surface area contributed by atoms with E-state index in [9.17, 15) is 9.90 Å². The van der Waals surface area contributed by atoms with E-state index in [1.54, 1.807) is 6.92 Å². The van der Waals surface area contributed by atoms with Gasteiger partial charge in [-0.05, 0) is 19.8 Å². The Kier molecular flexibility index (Phi) is 2.26. The maximum atomic E-state index is 11.4. The molecule has 4 nitrogen and oxygen atoms in total. The van der Waals surface area contributed by atoms with Gasteiger partial charge in [-0.3, -0.25) is 4.79 Å². The predicted molar refractivity (Wildman–Crippen MR) is 46.1 cm³/mol. The third kappa shape index (κ3) is 1.44. The van der Waals surface area contributed by atoms with Crippen molar-refractivity contribution < 1.29 is 14.6 Å². The van der Waals surface area contributed by atoms with Gasteiger partial charge in [-0.2, -0.15) is 0 Å². The van der Waals surface area contributed by atoms with E-state index in [0.717, 1.165) is 12.8 Å². The zero-order chi connectivity index (χ0) is 9.42. The Labute approximate surface area is 77.3 Å². The molecule has 0 amide bonds. The lowest BCUT2D eigenvalue weighted by molar-refractivity contribution is -0.148. The van der Waals surface area contributed by atoms with E-state index >= 15 is 0 Å². The van der Waals surface area contributed by atoms with Gasteiger partial charge >= 0.3 is 5.97 Å². The first kappa shape index (κ1) is 8.97. The smallest absolute Gasteiger partial charge is 0.323 e. The maximum absolute atomic E-state index is 11.4. The van der Waals surface area contributed by atoms with Crippen molar-refractivity contribution >= 4 is 5.97 Å². The minimum absolute atomic E-state index is 0.0732. The molecule has 1 saturated carbocycles. The lowest BCUT2D eigenvalue weighted by Crippen LogP contribution is -2.47. The molecule has 2 fully saturated rings. The minimum Gasteiger partial charge on any atom is -0.465 e. The summed E-state index contributed by atoms with van der Waals surface area (Å²) in [5.41, 5.74) is 0. The molecule has 1 aliphatic heterocycles. The molecule has 2 aliphatic rings. The molecule has 2 rings (SSSR count). The summed E-state index contributed by atoms with van der Waals surface area (Å²) in [6.07, 6.45) is 1.37. The standard InChI is InChI=1S/C9H15NO3/c1-2-13-9(12)8-6-3-5(10-8)4-7(6)11/h5-8,10-11H,2-4H2,1H3/t5?,6-,7-,8+/m1/s1. The number of ether oxygens (including phenoxy) is 1. The van der Waals surface area contributed by atoms with Gasteiger partial charge in [0.15, 0.2) is 0 Å². The fourth-order valence-corrected chi connectivity index (χ4v) is 2.39. The van der Waals surface area contributed by atoms with E-state index in [1.807, 2.05) is 0 Å². The molecule has 4 heteroatoms. The lowest BCUT2D eigenvalue weighted by Gasteiger charge is -2.25. The number of carbonyl (C=O) groups is 1. The second kappa shape index (κ2) is 3.27. The van der Waals surface area contributed by atoms with Crippen LogP contribution < -0.4 is 5.32 Å². The third-order valence-electron chi connectivity index (χ3n) is 2.96. The van der Waals surface area contributed by atoms with Gasteiger partial charge < -0.3 is 15.2 Å². The Morgan fingerprint density at radius 1 is 1.62 bits per heavy atom. The molecule has 0 spiro atoms. The molecule has 0 radical (unpaired) electrons. The Bertz CT molecular complexity index is 219. The van der Waals surface area contributed by atoms with Crippen LogP contribution in [0, 0.1) is 5.92 Å². The topological polar surface area (TPSA) is 58.6 Å². The van der Waals surface area contributed by atoms with Crippen LogP contribution in [0.2, 0.25) is 0 Å². The molecule has 4 atom stereocenters. The van der Waals surface area contributed by atoms with Crippen molar-refractivity contribution in [2.75, 3.05) is 6.61 Å². The van der Waals surface area contributed by atoms with E-state index in [0.29, 0.717) is 12.6 Å². The van der Waals surface area contributed by atoms with Gasteiger partial charge in [0.1, 0.15) is 6.04 Å². The molecule has 1 unspecified atom stereocenters. The minimum atomic E-state index is -0.319. The Hall–Kier alpha value is -0.610. The van der Waals surface area contributed by atoms with Gasteiger partial charge in [-0.25, -0.2) is 0 Å². The van der Waals surface area contributed by atoms with Crippen molar-refractivity contribution in [2.24, 2.45) is 5.92 Å². The zero-order valence-electron chi connectivity index (χ0n) is 7.69. The normalized spacial score (nSPS) is 42.3. The number of aliphatic hydroxyl groups excluding tert-OH is 1. The molecule has 0 aromatic carbocycles. The van der Waals surface area contributed by atoms with Crippen LogP contribution in [-0.4, -0.2) is 35.9 Å². The first-order valence-electron chi connectivity index (χ1n) is 4.83. The monoisotopic (exact) mass is 185 g/mol. The summed E-state index contributed by atoms with van der Waals surface area (Å²) in [7, 11) is 0. The second-order valence-corrected chi connectivity index (χ2v) is 3.80. The molecule has 2 bridgehead atoms. The van der Waals surface area contributed by atoms with Crippen molar-refractivity contribution in [1.29, 1.82) is 0 Å². The van der Waals surface area contributed by atoms with Crippen molar-refractivity contribution in [2.45, 2.75) is 38.0 Å². The van der Waals surface area contributed by atoms with E-state index in [-0.39, 0.29) is 24.0 Å². The lowest BCUT2D eigenvalue weighted by atomic mass is 9.97. The Balaban J connectivity index is 1.99. The molecular weight excluding hydrogens is 170 g/mol. The SMILES string of the molecule is CCOC(=O)[C@H]1NC2C[C@@H]1[C@H](O)C2. The van der Waals surface area contributed by atoms with Gasteiger partial charge in [-0.1, -0.05) is 0 Å². The summed E-state index contributed by atoms with van der Waals surface area (Å²) < 4.78 is 4.91. The number of esters is 1. The molecule has 13 heavy (non-hydrogen) atoms. The first-order valence-corrected chi connectivity index (χ1v) is 4.83. The molecule has 2 N–H and O–H groups in total. The van der Waals surface area contributed by atoms with Crippen LogP contribution >= 0.6 is 0 Å². The van der Waals surface area contributed by atoms with E-state index in [2.05, 4.69) is 5.32 Å². The third-order valence-corrected chi connectivity index (χ3v) is 2.96. The number of hydrogen-bond donors (Lipinski definition) is 2. The highest BCUT2D eigenvalue weighted by molar-refractivity contribution is 5.77. The summed E-state index contributed by atoms with van der Waals surface area (Å²) in [5, 5.41) is 12.7. The van der Waals surface area contributed by atoms with Gasteiger partial charge in [0.05, 0.1) is 12.7 Å². The molecule has 1 aliphatic carbocycles. The molecular formula is C9H15NO3. The summed E-state index contributed by atoms with van der Waals surface area (Å²) in [4.78, 5) is 11.4. The van der Waals surface area contributed by atoms with Crippen molar-refractivity contribution in [3.8, 4) is 0 Å². The fourth-order valence-electron chi connectivity index (χ4n) is 2.39. The quantitative estimate of drug-likeness (QED) is 0.578. The van der Waals surface area contributed by atoms with Crippen molar-refractivity contribution in [1.82, 2.24) is 5.32 Å². The molecule has 74 valence electrons. The maximum Gasteiger partial charge on any atom is 0.323 e. The van der Waals surface area contributed by atoms with Crippen LogP contribution in [0.5, 0.6) is 0 Å². The molecule has 1 heterocycles. The van der Waals surface area contributed by atoms with E-state index < -0.39 is 0 Å². The molecule has 0 aromatic heterocycles. The van der Waals surface area contributed by atoms with E-state index in [4.69, 9.17) is 4.74 Å². The van der Waals surface area contributed by atoms with E-state index in [1.165, 1.54) is 0 Å². The summed E-state index contributed by atoms with van der Waals surface area (Å²) in [5.74, 6) is -0.141. The van der Waals surface area contributed by atoms with Crippen LogP contribution in [0.15, 0.2) is 0 Å². The number of nitrogens with one attached hydrogen (secondary N) is 1. The number of piperidine rings is 1.